The second-order valence-corrected chi connectivity index (χ2v) is 7.95. The fraction of sp³-hybridized carbons (Fsp3) is 0.500. The van der Waals surface area contributed by atoms with E-state index in [9.17, 15) is 4.79 Å². The Balaban J connectivity index is 0.00000320. The van der Waals surface area contributed by atoms with Crippen LogP contribution in [0.25, 0.3) is 0 Å². The van der Waals surface area contributed by atoms with Crippen LogP contribution in [0, 0.1) is 5.92 Å². The SMILES string of the molecule is CN=C(NCCc1cccc(C(=O)N(C)C)c1)N1CCC(Cc2cnn(C)c2)C1.I. The molecular formula is C22H33IN6O. The van der Waals surface area contributed by atoms with Gasteiger partial charge in [0, 0.05) is 59.6 Å². The van der Waals surface area contributed by atoms with Crippen LogP contribution in [0.1, 0.15) is 27.9 Å². The number of hydrogen-bond donors (Lipinski definition) is 1. The molecule has 0 saturated carbocycles. The Morgan fingerprint density at radius 2 is 2.13 bits per heavy atom. The van der Waals surface area contributed by atoms with E-state index in [0.29, 0.717) is 5.92 Å². The first-order valence-electron chi connectivity index (χ1n) is 10.2. The Kier molecular flexibility index (Phi) is 9.13. The van der Waals surface area contributed by atoms with Crippen molar-refractivity contribution in [3.63, 3.8) is 0 Å². The number of carbonyl (C=O) groups is 1. The van der Waals surface area contributed by atoms with Gasteiger partial charge in [-0.2, -0.15) is 5.10 Å². The number of guanidine groups is 1. The van der Waals surface area contributed by atoms with E-state index in [4.69, 9.17) is 0 Å². The van der Waals surface area contributed by atoms with Gasteiger partial charge in [0.15, 0.2) is 5.96 Å². The molecule has 1 atom stereocenters. The second kappa shape index (κ2) is 11.3. The van der Waals surface area contributed by atoms with E-state index in [-0.39, 0.29) is 29.9 Å². The predicted molar refractivity (Wildman–Crippen MR) is 132 cm³/mol. The smallest absolute Gasteiger partial charge is 0.253 e. The molecule has 164 valence electrons. The molecule has 2 heterocycles. The summed E-state index contributed by atoms with van der Waals surface area (Å²) in [6.45, 7) is 2.83. The van der Waals surface area contributed by atoms with E-state index >= 15 is 0 Å². The lowest BCUT2D eigenvalue weighted by molar-refractivity contribution is 0.0827. The Morgan fingerprint density at radius 1 is 1.33 bits per heavy atom. The summed E-state index contributed by atoms with van der Waals surface area (Å²) in [6, 6.07) is 7.86. The molecular weight excluding hydrogens is 491 g/mol. The van der Waals surface area contributed by atoms with Crippen molar-refractivity contribution in [2.24, 2.45) is 18.0 Å². The molecule has 1 aromatic carbocycles. The van der Waals surface area contributed by atoms with Gasteiger partial charge in [-0.3, -0.25) is 14.5 Å². The van der Waals surface area contributed by atoms with Gasteiger partial charge in [-0.25, -0.2) is 0 Å². The van der Waals surface area contributed by atoms with Crippen molar-refractivity contribution in [1.29, 1.82) is 0 Å². The Labute approximate surface area is 196 Å². The van der Waals surface area contributed by atoms with E-state index in [2.05, 4.69) is 32.6 Å². The number of amides is 1. The molecule has 1 saturated heterocycles. The first kappa shape index (κ1) is 24.2. The fourth-order valence-electron chi connectivity index (χ4n) is 3.87. The molecule has 1 unspecified atom stereocenters. The molecule has 0 spiro atoms. The number of likely N-dealkylation sites (tertiary alicyclic amines) is 1. The molecule has 7 nitrogen and oxygen atoms in total. The van der Waals surface area contributed by atoms with Gasteiger partial charge >= 0.3 is 0 Å². The third-order valence-corrected chi connectivity index (χ3v) is 5.36. The molecule has 0 radical (unpaired) electrons. The summed E-state index contributed by atoms with van der Waals surface area (Å²) in [5.41, 5.74) is 3.18. The third-order valence-electron chi connectivity index (χ3n) is 5.36. The molecule has 8 heteroatoms. The largest absolute Gasteiger partial charge is 0.356 e. The highest BCUT2D eigenvalue weighted by Crippen LogP contribution is 2.20. The zero-order valence-corrected chi connectivity index (χ0v) is 20.7. The molecule has 30 heavy (non-hydrogen) atoms. The van der Waals surface area contributed by atoms with Gasteiger partial charge in [0.05, 0.1) is 6.20 Å². The van der Waals surface area contributed by atoms with Gasteiger partial charge < -0.3 is 15.1 Å². The van der Waals surface area contributed by atoms with Crippen molar-refractivity contribution in [3.8, 4) is 0 Å². The maximum absolute atomic E-state index is 12.1. The van der Waals surface area contributed by atoms with Crippen molar-refractivity contribution in [2.45, 2.75) is 19.3 Å². The quantitative estimate of drug-likeness (QED) is 0.358. The van der Waals surface area contributed by atoms with Crippen molar-refractivity contribution < 1.29 is 4.79 Å². The number of nitrogens with zero attached hydrogens (tertiary/aromatic N) is 5. The summed E-state index contributed by atoms with van der Waals surface area (Å²) < 4.78 is 1.86. The zero-order valence-electron chi connectivity index (χ0n) is 18.3. The topological polar surface area (TPSA) is 65.8 Å². The molecule has 1 N–H and O–H groups in total. The highest BCUT2D eigenvalue weighted by atomic mass is 127. The third kappa shape index (κ3) is 6.45. The van der Waals surface area contributed by atoms with Crippen LogP contribution in [0.4, 0.5) is 0 Å². The van der Waals surface area contributed by atoms with Crippen LogP contribution in [0.5, 0.6) is 0 Å². The lowest BCUT2D eigenvalue weighted by Crippen LogP contribution is -2.41. The summed E-state index contributed by atoms with van der Waals surface area (Å²) >= 11 is 0. The summed E-state index contributed by atoms with van der Waals surface area (Å²) in [5, 5.41) is 7.75. The maximum atomic E-state index is 12.1. The van der Waals surface area contributed by atoms with Crippen molar-refractivity contribution in [1.82, 2.24) is 24.9 Å². The number of rotatable bonds is 6. The van der Waals surface area contributed by atoms with Crippen LogP contribution in [-0.2, 0) is 19.9 Å². The lowest BCUT2D eigenvalue weighted by Gasteiger charge is -2.21. The Bertz CT molecular complexity index is 863. The van der Waals surface area contributed by atoms with Gasteiger partial charge in [0.25, 0.3) is 5.91 Å². The van der Waals surface area contributed by atoms with Gasteiger partial charge in [-0.1, -0.05) is 12.1 Å². The molecule has 1 amide bonds. The average Bonchev–Trinajstić information content (AvgIpc) is 3.34. The molecule has 3 rings (SSSR count). The van der Waals surface area contributed by atoms with Crippen LogP contribution in [0.3, 0.4) is 0 Å². The van der Waals surface area contributed by atoms with E-state index < -0.39 is 0 Å². The first-order valence-corrected chi connectivity index (χ1v) is 10.2. The summed E-state index contributed by atoms with van der Waals surface area (Å²) in [5.74, 6) is 1.62. The maximum Gasteiger partial charge on any atom is 0.253 e. The number of aromatic nitrogens is 2. The number of carbonyl (C=O) groups excluding carboxylic acids is 1. The highest BCUT2D eigenvalue weighted by Gasteiger charge is 2.25. The van der Waals surface area contributed by atoms with Crippen LogP contribution < -0.4 is 5.32 Å². The van der Waals surface area contributed by atoms with Crippen LogP contribution in [0.15, 0.2) is 41.7 Å². The fourth-order valence-corrected chi connectivity index (χ4v) is 3.87. The molecule has 1 aliphatic heterocycles. The number of aliphatic imine (C=N–C) groups is 1. The average molecular weight is 524 g/mol. The normalized spacial score (nSPS) is 16.3. The summed E-state index contributed by atoms with van der Waals surface area (Å²) in [6.07, 6.45) is 7.15. The highest BCUT2D eigenvalue weighted by molar-refractivity contribution is 14.0. The van der Waals surface area contributed by atoms with Crippen LogP contribution >= 0.6 is 24.0 Å². The molecule has 0 aliphatic carbocycles. The van der Waals surface area contributed by atoms with Crippen LogP contribution in [0.2, 0.25) is 0 Å². The number of nitrogens with one attached hydrogen (secondary N) is 1. The minimum absolute atomic E-state index is 0. The summed E-state index contributed by atoms with van der Waals surface area (Å²) in [4.78, 5) is 20.6. The number of benzene rings is 1. The first-order chi connectivity index (χ1) is 14.0. The van der Waals surface area contributed by atoms with E-state index in [0.717, 1.165) is 49.6 Å². The van der Waals surface area contributed by atoms with Crippen molar-refractivity contribution in [2.75, 3.05) is 40.8 Å². The Morgan fingerprint density at radius 3 is 2.80 bits per heavy atom. The second-order valence-electron chi connectivity index (χ2n) is 7.95. The van der Waals surface area contributed by atoms with E-state index in [1.165, 1.54) is 12.0 Å². The lowest BCUT2D eigenvalue weighted by atomic mass is 10.0. The van der Waals surface area contributed by atoms with Gasteiger partial charge in [0.2, 0.25) is 0 Å². The number of hydrogen-bond acceptors (Lipinski definition) is 3. The molecule has 1 aliphatic rings. The number of aryl methyl sites for hydroxylation is 1. The van der Waals surface area contributed by atoms with Crippen LogP contribution in [-0.4, -0.2) is 72.2 Å². The molecule has 2 aromatic rings. The van der Waals surface area contributed by atoms with Gasteiger partial charge in [-0.05, 0) is 48.4 Å². The minimum atomic E-state index is 0. The minimum Gasteiger partial charge on any atom is -0.356 e. The van der Waals surface area contributed by atoms with Gasteiger partial charge in [-0.15, -0.1) is 24.0 Å². The zero-order chi connectivity index (χ0) is 20.8. The molecule has 0 bridgehead atoms. The number of halogens is 1. The summed E-state index contributed by atoms with van der Waals surface area (Å²) in [7, 11) is 7.35. The van der Waals surface area contributed by atoms with Crippen molar-refractivity contribution in [3.05, 3.63) is 53.3 Å². The monoisotopic (exact) mass is 524 g/mol. The predicted octanol–water partition coefficient (Wildman–Crippen LogP) is 2.42. The van der Waals surface area contributed by atoms with E-state index in [1.54, 1.807) is 19.0 Å². The molecule has 1 fully saturated rings. The van der Waals surface area contributed by atoms with E-state index in [1.807, 2.05) is 43.2 Å². The van der Waals surface area contributed by atoms with Crippen molar-refractivity contribution >= 4 is 35.8 Å². The standard InChI is InChI=1S/C22H32N6O.HI/c1-23-22(28-11-9-18(16-28)12-19-14-25-27(4)15-19)24-10-8-17-6-5-7-20(13-17)21(29)26(2)3;/h5-7,13-15,18H,8-12,16H2,1-4H3,(H,23,24);1H. The Hall–Kier alpha value is -2.10. The van der Waals surface area contributed by atoms with Gasteiger partial charge in [0.1, 0.15) is 0 Å². The molecule has 1 aromatic heterocycles.